The summed E-state index contributed by atoms with van der Waals surface area (Å²) in [5.41, 5.74) is 9.65. The van der Waals surface area contributed by atoms with Crippen LogP contribution in [0.1, 0.15) is 45.4 Å². The van der Waals surface area contributed by atoms with Gasteiger partial charge in [-0.25, -0.2) is 0 Å². The molecule has 2 rings (SSSR count). The minimum absolute atomic E-state index is 0.117. The van der Waals surface area contributed by atoms with Gasteiger partial charge in [0.2, 0.25) is 0 Å². The third kappa shape index (κ3) is 3.80. The average molecular weight is 270 g/mol. The van der Waals surface area contributed by atoms with Crippen LogP contribution in [0, 0.1) is 11.3 Å². The Morgan fingerprint density at radius 2 is 2.15 bits per heavy atom. The lowest BCUT2D eigenvalue weighted by Crippen LogP contribution is -2.24. The van der Waals surface area contributed by atoms with Gasteiger partial charge < -0.3 is 11.1 Å². The first-order valence-electron chi connectivity index (χ1n) is 7.78. The Morgan fingerprint density at radius 1 is 1.35 bits per heavy atom. The van der Waals surface area contributed by atoms with E-state index in [1.165, 1.54) is 11.1 Å². The van der Waals surface area contributed by atoms with Gasteiger partial charge in [-0.3, -0.25) is 0 Å². The van der Waals surface area contributed by atoms with Crippen LogP contribution >= 0.6 is 0 Å². The van der Waals surface area contributed by atoms with Crippen LogP contribution in [0.15, 0.2) is 47.6 Å². The second-order valence-electron chi connectivity index (χ2n) is 5.67. The van der Waals surface area contributed by atoms with E-state index in [0.29, 0.717) is 11.6 Å². The predicted octanol–water partition coefficient (Wildman–Crippen LogP) is 4.30. The Balaban J connectivity index is 2.16. The summed E-state index contributed by atoms with van der Waals surface area (Å²) < 4.78 is 0. The molecule has 2 nitrogen and oxygen atoms in total. The smallest absolute Gasteiger partial charge is 0.0568 e. The molecule has 3 N–H and O–H groups in total. The van der Waals surface area contributed by atoms with Crippen molar-refractivity contribution in [2.75, 3.05) is 0 Å². The van der Waals surface area contributed by atoms with E-state index in [1.54, 1.807) is 0 Å². The summed E-state index contributed by atoms with van der Waals surface area (Å²) in [6.07, 6.45) is 19.2. The minimum Gasteiger partial charge on any atom is -0.324 e. The number of allylic oxidation sites excluding steroid dienone is 7. The standard InChI is InChI=1S/C18H26N2/c1-2-3-9-15(19)13-14-8-4-5-10-16(14)17-11-6-7-12-18(17)20/h3-4,7-9,12,14-15,20H,2,5-6,10-11,13,19H2,1H3/b9-3-,17-16-,20-18?. The highest BCUT2D eigenvalue weighted by molar-refractivity contribution is 6.07. The topological polar surface area (TPSA) is 49.9 Å². The molecule has 2 unspecified atom stereocenters. The summed E-state index contributed by atoms with van der Waals surface area (Å²) in [6, 6.07) is 0.117. The van der Waals surface area contributed by atoms with Gasteiger partial charge in [-0.2, -0.15) is 0 Å². The van der Waals surface area contributed by atoms with Crippen LogP contribution in [0.5, 0.6) is 0 Å². The molecule has 2 atom stereocenters. The number of nitrogens with two attached hydrogens (primary N) is 1. The van der Waals surface area contributed by atoms with Gasteiger partial charge in [0, 0.05) is 12.0 Å². The predicted molar refractivity (Wildman–Crippen MR) is 87.0 cm³/mol. The highest BCUT2D eigenvalue weighted by Gasteiger charge is 2.22. The van der Waals surface area contributed by atoms with E-state index in [4.69, 9.17) is 11.1 Å². The maximum absolute atomic E-state index is 8.15. The van der Waals surface area contributed by atoms with Crippen molar-refractivity contribution in [3.63, 3.8) is 0 Å². The molecule has 0 spiro atoms. The van der Waals surface area contributed by atoms with Crippen LogP contribution in [-0.2, 0) is 0 Å². The van der Waals surface area contributed by atoms with Crippen molar-refractivity contribution in [1.29, 1.82) is 5.41 Å². The quantitative estimate of drug-likeness (QED) is 0.735. The number of nitrogens with one attached hydrogen (secondary N) is 1. The van der Waals surface area contributed by atoms with Crippen molar-refractivity contribution in [2.45, 2.75) is 51.5 Å². The van der Waals surface area contributed by atoms with Crippen molar-refractivity contribution in [2.24, 2.45) is 11.7 Å². The maximum Gasteiger partial charge on any atom is 0.0568 e. The Bertz CT molecular complexity index is 466. The van der Waals surface area contributed by atoms with Crippen molar-refractivity contribution in [1.82, 2.24) is 0 Å². The molecule has 2 heteroatoms. The third-order valence-corrected chi connectivity index (χ3v) is 4.10. The van der Waals surface area contributed by atoms with Crippen LogP contribution in [0.4, 0.5) is 0 Å². The van der Waals surface area contributed by atoms with Gasteiger partial charge in [0.15, 0.2) is 0 Å². The second kappa shape index (κ2) is 7.39. The Kier molecular flexibility index (Phi) is 5.54. The molecule has 0 aromatic rings. The summed E-state index contributed by atoms with van der Waals surface area (Å²) >= 11 is 0. The first-order chi connectivity index (χ1) is 9.72. The van der Waals surface area contributed by atoms with Crippen molar-refractivity contribution < 1.29 is 0 Å². The zero-order chi connectivity index (χ0) is 14.4. The van der Waals surface area contributed by atoms with E-state index < -0.39 is 0 Å². The zero-order valence-corrected chi connectivity index (χ0v) is 12.4. The number of hydrogen-bond donors (Lipinski definition) is 2. The molecule has 0 bridgehead atoms. The Hall–Kier alpha value is -1.41. The fourth-order valence-electron chi connectivity index (χ4n) is 3.08. The van der Waals surface area contributed by atoms with E-state index >= 15 is 0 Å². The fraction of sp³-hybridized carbons (Fsp3) is 0.500. The SMILES string of the molecule is CC/C=C\C(N)CC1C=CCC/C1=C1\CCC=CC1=N. The largest absolute Gasteiger partial charge is 0.324 e. The van der Waals surface area contributed by atoms with Gasteiger partial charge in [-0.1, -0.05) is 42.9 Å². The van der Waals surface area contributed by atoms with Gasteiger partial charge in [0.25, 0.3) is 0 Å². The number of hydrogen-bond acceptors (Lipinski definition) is 2. The van der Waals surface area contributed by atoms with Crippen molar-refractivity contribution >= 4 is 5.71 Å². The maximum atomic E-state index is 8.15. The van der Waals surface area contributed by atoms with Crippen LogP contribution in [-0.4, -0.2) is 11.8 Å². The zero-order valence-electron chi connectivity index (χ0n) is 12.4. The minimum atomic E-state index is 0.117. The lowest BCUT2D eigenvalue weighted by atomic mass is 9.79. The molecule has 0 heterocycles. The molecule has 2 aliphatic rings. The summed E-state index contributed by atoms with van der Waals surface area (Å²) in [6.45, 7) is 2.13. The van der Waals surface area contributed by atoms with Gasteiger partial charge in [-0.05, 0) is 50.2 Å². The highest BCUT2D eigenvalue weighted by atomic mass is 14.6. The van der Waals surface area contributed by atoms with Gasteiger partial charge in [0.05, 0.1) is 5.71 Å². The van der Waals surface area contributed by atoms with Gasteiger partial charge in [0.1, 0.15) is 0 Å². The molecule has 0 amide bonds. The first kappa shape index (κ1) is 15.0. The molecule has 0 aliphatic heterocycles. The Morgan fingerprint density at radius 3 is 2.90 bits per heavy atom. The van der Waals surface area contributed by atoms with Crippen LogP contribution in [0.2, 0.25) is 0 Å². The molecule has 0 aromatic carbocycles. The molecule has 0 saturated heterocycles. The molecular formula is C18H26N2. The van der Waals surface area contributed by atoms with E-state index in [2.05, 4.69) is 37.3 Å². The molecule has 0 aromatic heterocycles. The second-order valence-corrected chi connectivity index (χ2v) is 5.67. The molecule has 20 heavy (non-hydrogen) atoms. The first-order valence-corrected chi connectivity index (χ1v) is 7.78. The number of rotatable bonds is 4. The lowest BCUT2D eigenvalue weighted by molar-refractivity contribution is 0.576. The van der Waals surface area contributed by atoms with Crippen LogP contribution in [0.25, 0.3) is 0 Å². The molecule has 2 aliphatic carbocycles. The average Bonchev–Trinajstić information content (AvgIpc) is 2.46. The monoisotopic (exact) mass is 270 g/mol. The highest BCUT2D eigenvalue weighted by Crippen LogP contribution is 2.33. The van der Waals surface area contributed by atoms with Gasteiger partial charge >= 0.3 is 0 Å². The molecule has 0 radical (unpaired) electrons. The normalized spacial score (nSPS) is 28.3. The van der Waals surface area contributed by atoms with E-state index in [-0.39, 0.29) is 6.04 Å². The summed E-state index contributed by atoms with van der Waals surface area (Å²) in [5.74, 6) is 0.419. The van der Waals surface area contributed by atoms with Crippen LogP contribution in [0.3, 0.4) is 0 Å². The van der Waals surface area contributed by atoms with E-state index in [1.807, 2.05) is 6.08 Å². The van der Waals surface area contributed by atoms with Crippen LogP contribution < -0.4 is 5.73 Å². The summed E-state index contributed by atoms with van der Waals surface area (Å²) in [5, 5.41) is 8.15. The van der Waals surface area contributed by atoms with E-state index in [0.717, 1.165) is 38.5 Å². The molecule has 0 fully saturated rings. The molecule has 0 saturated carbocycles. The third-order valence-electron chi connectivity index (χ3n) is 4.10. The van der Waals surface area contributed by atoms with E-state index in [9.17, 15) is 0 Å². The molecular weight excluding hydrogens is 244 g/mol. The molecule has 108 valence electrons. The van der Waals surface area contributed by atoms with Gasteiger partial charge in [-0.15, -0.1) is 0 Å². The fourth-order valence-corrected chi connectivity index (χ4v) is 3.08. The van der Waals surface area contributed by atoms with Crippen molar-refractivity contribution in [3.05, 3.63) is 47.6 Å². The summed E-state index contributed by atoms with van der Waals surface area (Å²) in [7, 11) is 0. The van der Waals surface area contributed by atoms with Crippen molar-refractivity contribution in [3.8, 4) is 0 Å². The Labute approximate surface area is 122 Å². The summed E-state index contributed by atoms with van der Waals surface area (Å²) in [4.78, 5) is 0. The lowest BCUT2D eigenvalue weighted by Gasteiger charge is -2.27.